The molecule has 1 aliphatic rings. The first-order valence-electron chi connectivity index (χ1n) is 8.97. The van der Waals surface area contributed by atoms with E-state index in [0.717, 1.165) is 18.9 Å². The maximum Gasteiger partial charge on any atom is 0.419 e. The molecule has 0 unspecified atom stereocenters. The van der Waals surface area contributed by atoms with Gasteiger partial charge in [0.2, 0.25) is 10.0 Å². The Hall–Kier alpha value is -2.66. The van der Waals surface area contributed by atoms with Gasteiger partial charge in [0.05, 0.1) is 10.5 Å². The summed E-state index contributed by atoms with van der Waals surface area (Å²) in [4.78, 5) is 12.0. The second kappa shape index (κ2) is 8.60. The highest BCUT2D eigenvalue weighted by Gasteiger charge is 2.34. The van der Waals surface area contributed by atoms with Crippen molar-refractivity contribution in [1.82, 2.24) is 4.31 Å². The summed E-state index contributed by atoms with van der Waals surface area (Å²) < 4.78 is 83.0. The first-order valence-corrected chi connectivity index (χ1v) is 10.4. The fourth-order valence-electron chi connectivity index (χ4n) is 2.95. The van der Waals surface area contributed by atoms with Crippen LogP contribution < -0.4 is 10.1 Å². The number of halogens is 4. The zero-order chi connectivity index (χ0) is 21.9. The summed E-state index contributed by atoms with van der Waals surface area (Å²) in [5.74, 6) is -2.00. The molecule has 0 radical (unpaired) electrons. The van der Waals surface area contributed by atoms with E-state index in [1.807, 2.05) is 0 Å². The van der Waals surface area contributed by atoms with E-state index in [1.54, 1.807) is 0 Å². The molecule has 0 atom stereocenters. The molecule has 11 heteroatoms. The quantitative estimate of drug-likeness (QED) is 0.688. The van der Waals surface area contributed by atoms with Gasteiger partial charge < -0.3 is 10.1 Å². The Morgan fingerprint density at radius 3 is 2.30 bits per heavy atom. The molecule has 1 N–H and O–H groups in total. The maximum absolute atomic E-state index is 13.3. The maximum atomic E-state index is 13.3. The van der Waals surface area contributed by atoms with Gasteiger partial charge in [-0.2, -0.15) is 17.5 Å². The number of amides is 1. The minimum atomic E-state index is -4.89. The smallest absolute Gasteiger partial charge is 0.419 e. The predicted octanol–water partition coefficient (Wildman–Crippen LogP) is 3.65. The van der Waals surface area contributed by atoms with E-state index >= 15 is 0 Å². The van der Waals surface area contributed by atoms with Crippen molar-refractivity contribution in [2.75, 3.05) is 25.0 Å². The normalized spacial score (nSPS) is 15.2. The Kier molecular flexibility index (Phi) is 6.32. The van der Waals surface area contributed by atoms with Crippen molar-refractivity contribution in [3.8, 4) is 5.75 Å². The first-order chi connectivity index (χ1) is 14.1. The van der Waals surface area contributed by atoms with Crippen molar-refractivity contribution in [3.05, 3.63) is 53.8 Å². The van der Waals surface area contributed by atoms with E-state index < -0.39 is 40.1 Å². The van der Waals surface area contributed by atoms with Crippen molar-refractivity contribution in [3.63, 3.8) is 0 Å². The molecule has 3 rings (SSSR count). The highest BCUT2D eigenvalue weighted by Crippen LogP contribution is 2.33. The van der Waals surface area contributed by atoms with Gasteiger partial charge in [-0.25, -0.2) is 12.8 Å². The van der Waals surface area contributed by atoms with Gasteiger partial charge in [0, 0.05) is 18.8 Å². The molecule has 0 saturated carbocycles. The number of benzene rings is 2. The van der Waals surface area contributed by atoms with Gasteiger partial charge in [-0.1, -0.05) is 0 Å². The highest BCUT2D eigenvalue weighted by molar-refractivity contribution is 7.89. The number of anilines is 1. The van der Waals surface area contributed by atoms with Crippen molar-refractivity contribution >= 4 is 21.6 Å². The van der Waals surface area contributed by atoms with Crippen LogP contribution in [0.4, 0.5) is 23.2 Å². The van der Waals surface area contributed by atoms with Gasteiger partial charge in [0.15, 0.2) is 6.61 Å². The van der Waals surface area contributed by atoms with Crippen LogP contribution in [-0.2, 0) is 21.0 Å². The van der Waals surface area contributed by atoms with Gasteiger partial charge >= 0.3 is 6.18 Å². The summed E-state index contributed by atoms with van der Waals surface area (Å²) >= 11 is 0. The molecule has 0 spiro atoms. The van der Waals surface area contributed by atoms with Crippen LogP contribution in [0.15, 0.2) is 47.4 Å². The average molecular weight is 446 g/mol. The summed E-state index contributed by atoms with van der Waals surface area (Å²) in [6.07, 6.45) is -3.26. The van der Waals surface area contributed by atoms with Crippen LogP contribution in [0.1, 0.15) is 18.4 Å². The molecule has 0 bridgehead atoms. The number of carbonyl (C=O) groups excluding carboxylic acids is 1. The minimum absolute atomic E-state index is 0.104. The van der Waals surface area contributed by atoms with E-state index in [4.69, 9.17) is 4.74 Å². The molecular formula is C19H18F4N2O4S. The molecule has 6 nitrogen and oxygen atoms in total. The zero-order valence-electron chi connectivity index (χ0n) is 15.6. The minimum Gasteiger partial charge on any atom is -0.484 e. The fraction of sp³-hybridized carbons (Fsp3) is 0.316. The molecule has 2 aromatic carbocycles. The Morgan fingerprint density at radius 2 is 1.70 bits per heavy atom. The van der Waals surface area contributed by atoms with Gasteiger partial charge in [-0.05, 0) is 55.3 Å². The standard InChI is InChI=1S/C19H18F4N2O4S/c20-17-8-3-13(11-16(17)19(21,22)23)24-18(26)12-29-14-4-6-15(7-5-14)30(27,28)25-9-1-2-10-25/h3-8,11H,1-2,9-10,12H2,(H,24,26). The summed E-state index contributed by atoms with van der Waals surface area (Å²) in [6, 6.07) is 7.59. The van der Waals surface area contributed by atoms with E-state index in [0.29, 0.717) is 25.2 Å². The van der Waals surface area contributed by atoms with Crippen molar-refractivity contribution in [1.29, 1.82) is 0 Å². The summed E-state index contributed by atoms with van der Waals surface area (Å²) in [6.45, 7) is 0.414. The third kappa shape index (κ3) is 5.08. The Bertz CT molecular complexity index is 1020. The predicted molar refractivity (Wildman–Crippen MR) is 100.0 cm³/mol. The van der Waals surface area contributed by atoms with Crippen LogP contribution in [0.25, 0.3) is 0 Å². The lowest BCUT2D eigenvalue weighted by Gasteiger charge is -2.15. The number of ether oxygens (including phenoxy) is 1. The van der Waals surface area contributed by atoms with Crippen LogP contribution in [0.5, 0.6) is 5.75 Å². The highest BCUT2D eigenvalue weighted by atomic mass is 32.2. The molecule has 0 aliphatic carbocycles. The number of sulfonamides is 1. The number of rotatable bonds is 6. The van der Waals surface area contributed by atoms with E-state index in [1.165, 1.54) is 28.6 Å². The molecule has 2 aromatic rings. The number of carbonyl (C=O) groups is 1. The van der Waals surface area contributed by atoms with Crippen LogP contribution in [0.3, 0.4) is 0 Å². The third-order valence-electron chi connectivity index (χ3n) is 4.45. The van der Waals surface area contributed by atoms with Crippen LogP contribution >= 0.6 is 0 Å². The topological polar surface area (TPSA) is 75.7 Å². The van der Waals surface area contributed by atoms with Crippen LogP contribution in [0.2, 0.25) is 0 Å². The first kappa shape index (κ1) is 22.0. The molecule has 0 aromatic heterocycles. The lowest BCUT2D eigenvalue weighted by Crippen LogP contribution is -2.27. The number of hydrogen-bond donors (Lipinski definition) is 1. The summed E-state index contributed by atoms with van der Waals surface area (Å²) in [5.41, 5.74) is -1.72. The van der Waals surface area contributed by atoms with E-state index in [9.17, 15) is 30.8 Å². The van der Waals surface area contributed by atoms with Crippen molar-refractivity contribution < 1.29 is 35.5 Å². The number of nitrogens with zero attached hydrogens (tertiary/aromatic N) is 1. The third-order valence-corrected chi connectivity index (χ3v) is 6.36. The van der Waals surface area contributed by atoms with Crippen molar-refractivity contribution in [2.24, 2.45) is 0 Å². The SMILES string of the molecule is O=C(COc1ccc(S(=O)(=O)N2CCCC2)cc1)Nc1ccc(F)c(C(F)(F)F)c1. The van der Waals surface area contributed by atoms with Gasteiger partial charge in [-0.3, -0.25) is 4.79 Å². The van der Waals surface area contributed by atoms with E-state index in [2.05, 4.69) is 5.32 Å². The summed E-state index contributed by atoms with van der Waals surface area (Å²) in [5, 5.41) is 2.19. The Morgan fingerprint density at radius 1 is 1.07 bits per heavy atom. The summed E-state index contributed by atoms with van der Waals surface area (Å²) in [7, 11) is -3.57. The molecule has 30 heavy (non-hydrogen) atoms. The monoisotopic (exact) mass is 446 g/mol. The molecule has 162 valence electrons. The largest absolute Gasteiger partial charge is 0.484 e. The second-order valence-corrected chi connectivity index (χ2v) is 8.55. The van der Waals surface area contributed by atoms with E-state index in [-0.39, 0.29) is 16.3 Å². The van der Waals surface area contributed by atoms with Gasteiger partial charge in [0.1, 0.15) is 11.6 Å². The molecule has 1 saturated heterocycles. The lowest BCUT2D eigenvalue weighted by molar-refractivity contribution is -0.140. The molecule has 1 amide bonds. The van der Waals surface area contributed by atoms with Crippen LogP contribution in [0, 0.1) is 5.82 Å². The zero-order valence-corrected chi connectivity index (χ0v) is 16.4. The Labute approximate surface area is 170 Å². The molecular weight excluding hydrogens is 428 g/mol. The number of alkyl halides is 3. The van der Waals surface area contributed by atoms with Gasteiger partial charge in [0.25, 0.3) is 5.91 Å². The Balaban J connectivity index is 1.59. The van der Waals surface area contributed by atoms with Crippen LogP contribution in [-0.4, -0.2) is 38.3 Å². The number of hydrogen-bond acceptors (Lipinski definition) is 4. The van der Waals surface area contributed by atoms with Crippen molar-refractivity contribution in [2.45, 2.75) is 23.9 Å². The lowest BCUT2D eigenvalue weighted by atomic mass is 10.2. The molecule has 1 heterocycles. The molecule has 1 aliphatic heterocycles. The second-order valence-electron chi connectivity index (χ2n) is 6.61. The molecule has 1 fully saturated rings. The fourth-order valence-corrected chi connectivity index (χ4v) is 4.47. The van der Waals surface area contributed by atoms with Gasteiger partial charge in [-0.15, -0.1) is 0 Å². The number of nitrogens with one attached hydrogen (secondary N) is 1. The average Bonchev–Trinajstić information content (AvgIpc) is 3.23.